The summed E-state index contributed by atoms with van der Waals surface area (Å²) in [5.41, 5.74) is 0.534. The molecule has 2 aromatic rings. The Kier molecular flexibility index (Phi) is 4.38. The van der Waals surface area contributed by atoms with E-state index >= 15 is 0 Å². The van der Waals surface area contributed by atoms with Crippen molar-refractivity contribution >= 4 is 5.91 Å². The Bertz CT molecular complexity index is 820. The SMILES string of the molecule is N#Cc1ccnc(OC2CCN(C(=O)c3ccc(F)c(F)c3)C2)c1. The first kappa shape index (κ1) is 15.9. The van der Waals surface area contributed by atoms with Gasteiger partial charge in [0.05, 0.1) is 18.2 Å². The quantitative estimate of drug-likeness (QED) is 0.868. The molecule has 1 aromatic heterocycles. The molecule has 0 spiro atoms. The molecule has 1 aromatic carbocycles. The van der Waals surface area contributed by atoms with Crippen LogP contribution < -0.4 is 4.74 Å². The highest BCUT2D eigenvalue weighted by molar-refractivity contribution is 5.94. The van der Waals surface area contributed by atoms with E-state index in [1.54, 1.807) is 6.07 Å². The molecule has 1 atom stereocenters. The van der Waals surface area contributed by atoms with E-state index in [9.17, 15) is 13.6 Å². The number of halogens is 2. The van der Waals surface area contributed by atoms with Gasteiger partial charge in [0.1, 0.15) is 6.10 Å². The number of nitrogens with zero attached hydrogens (tertiary/aromatic N) is 3. The van der Waals surface area contributed by atoms with Crippen LogP contribution in [0.1, 0.15) is 22.3 Å². The second-order valence-electron chi connectivity index (χ2n) is 5.40. The summed E-state index contributed by atoms with van der Waals surface area (Å²) in [6.45, 7) is 0.761. The maximum atomic E-state index is 13.3. The fraction of sp³-hybridized carbons (Fsp3) is 0.235. The molecule has 24 heavy (non-hydrogen) atoms. The van der Waals surface area contributed by atoms with E-state index < -0.39 is 11.6 Å². The normalized spacial score (nSPS) is 16.7. The second kappa shape index (κ2) is 6.62. The first-order valence-electron chi connectivity index (χ1n) is 7.34. The molecule has 0 N–H and O–H groups in total. The lowest BCUT2D eigenvalue weighted by Gasteiger charge is -2.17. The molecule has 1 amide bonds. The number of likely N-dealkylation sites (tertiary alicyclic amines) is 1. The Hall–Kier alpha value is -3.01. The zero-order chi connectivity index (χ0) is 17.1. The fourth-order valence-corrected chi connectivity index (χ4v) is 2.53. The maximum Gasteiger partial charge on any atom is 0.254 e. The van der Waals surface area contributed by atoms with Crippen molar-refractivity contribution < 1.29 is 18.3 Å². The number of nitriles is 1. The monoisotopic (exact) mass is 329 g/mol. The van der Waals surface area contributed by atoms with E-state index in [4.69, 9.17) is 10.00 Å². The summed E-state index contributed by atoms with van der Waals surface area (Å²) in [7, 11) is 0. The summed E-state index contributed by atoms with van der Waals surface area (Å²) in [5, 5.41) is 8.86. The lowest BCUT2D eigenvalue weighted by Crippen LogP contribution is -2.31. The summed E-state index contributed by atoms with van der Waals surface area (Å²) in [4.78, 5) is 17.9. The minimum Gasteiger partial charge on any atom is -0.472 e. The molecular formula is C17H13F2N3O2. The van der Waals surface area contributed by atoms with Crippen molar-refractivity contribution in [3.63, 3.8) is 0 Å². The number of carbonyl (C=O) groups is 1. The molecule has 1 unspecified atom stereocenters. The molecule has 5 nitrogen and oxygen atoms in total. The molecule has 1 aliphatic rings. The lowest BCUT2D eigenvalue weighted by molar-refractivity contribution is 0.0770. The molecule has 1 fully saturated rings. The maximum absolute atomic E-state index is 13.3. The van der Waals surface area contributed by atoms with E-state index in [2.05, 4.69) is 4.98 Å². The molecule has 0 saturated carbocycles. The van der Waals surface area contributed by atoms with Crippen LogP contribution in [0.2, 0.25) is 0 Å². The number of carbonyl (C=O) groups excluding carboxylic acids is 1. The number of hydrogen-bond donors (Lipinski definition) is 0. The Morgan fingerprint density at radius 3 is 2.88 bits per heavy atom. The Morgan fingerprint density at radius 2 is 2.12 bits per heavy atom. The van der Waals surface area contributed by atoms with Gasteiger partial charge in [-0.2, -0.15) is 5.26 Å². The van der Waals surface area contributed by atoms with Crippen molar-refractivity contribution in [3.05, 3.63) is 59.3 Å². The highest BCUT2D eigenvalue weighted by Gasteiger charge is 2.29. The molecule has 0 aliphatic carbocycles. The molecule has 1 aliphatic heterocycles. The van der Waals surface area contributed by atoms with Crippen LogP contribution in [0, 0.1) is 23.0 Å². The van der Waals surface area contributed by atoms with Gasteiger partial charge in [-0.1, -0.05) is 0 Å². The van der Waals surface area contributed by atoms with Crippen LogP contribution in [-0.4, -0.2) is 35.0 Å². The summed E-state index contributed by atoms with van der Waals surface area (Å²) in [6, 6.07) is 8.18. The molecule has 0 radical (unpaired) electrons. The zero-order valence-electron chi connectivity index (χ0n) is 12.6. The lowest BCUT2D eigenvalue weighted by atomic mass is 10.2. The summed E-state index contributed by atoms with van der Waals surface area (Å²) in [5.74, 6) is -2.09. The van der Waals surface area contributed by atoms with Gasteiger partial charge in [-0.3, -0.25) is 4.79 Å². The zero-order valence-corrected chi connectivity index (χ0v) is 12.6. The molecule has 3 rings (SSSR count). The van der Waals surface area contributed by atoms with Gasteiger partial charge in [-0.05, 0) is 24.3 Å². The number of pyridine rings is 1. The fourth-order valence-electron chi connectivity index (χ4n) is 2.53. The summed E-state index contributed by atoms with van der Waals surface area (Å²) < 4.78 is 31.9. The van der Waals surface area contributed by atoms with Crippen molar-refractivity contribution in [1.82, 2.24) is 9.88 Å². The Labute approximate surface area is 137 Å². The number of benzene rings is 1. The van der Waals surface area contributed by atoms with Crippen LogP contribution in [0.5, 0.6) is 5.88 Å². The summed E-state index contributed by atoms with van der Waals surface area (Å²) >= 11 is 0. The van der Waals surface area contributed by atoms with Crippen LogP contribution in [0.3, 0.4) is 0 Å². The summed E-state index contributed by atoms with van der Waals surface area (Å²) in [6.07, 6.45) is 1.81. The van der Waals surface area contributed by atoms with Gasteiger partial charge in [-0.15, -0.1) is 0 Å². The van der Waals surface area contributed by atoms with E-state index in [0.717, 1.165) is 12.1 Å². The number of hydrogen-bond acceptors (Lipinski definition) is 4. The molecule has 2 heterocycles. The average molecular weight is 329 g/mol. The minimum atomic E-state index is -1.05. The van der Waals surface area contributed by atoms with E-state index in [0.29, 0.717) is 31.0 Å². The van der Waals surface area contributed by atoms with Crippen molar-refractivity contribution in [3.8, 4) is 11.9 Å². The molecule has 0 bridgehead atoms. The number of rotatable bonds is 3. The van der Waals surface area contributed by atoms with Crippen molar-refractivity contribution in [2.75, 3.05) is 13.1 Å². The van der Waals surface area contributed by atoms with E-state index in [1.165, 1.54) is 23.2 Å². The van der Waals surface area contributed by atoms with Crippen molar-refractivity contribution in [2.24, 2.45) is 0 Å². The number of ether oxygens (including phenoxy) is 1. The van der Waals surface area contributed by atoms with Gasteiger partial charge in [0.25, 0.3) is 5.91 Å². The number of amides is 1. The highest BCUT2D eigenvalue weighted by Crippen LogP contribution is 2.20. The first-order chi connectivity index (χ1) is 11.6. The molecule has 1 saturated heterocycles. The average Bonchev–Trinajstić information content (AvgIpc) is 3.05. The predicted molar refractivity (Wildman–Crippen MR) is 80.2 cm³/mol. The standard InChI is InChI=1S/C17H13F2N3O2/c18-14-2-1-12(8-15(14)19)17(23)22-6-4-13(10-22)24-16-7-11(9-20)3-5-21-16/h1-3,5,7-8,13H,4,6,10H2. The van der Waals surface area contributed by atoms with Gasteiger partial charge in [0, 0.05) is 30.8 Å². The van der Waals surface area contributed by atoms with Crippen LogP contribution in [-0.2, 0) is 0 Å². The van der Waals surface area contributed by atoms with Crippen LogP contribution in [0.25, 0.3) is 0 Å². The minimum absolute atomic E-state index is 0.0964. The van der Waals surface area contributed by atoms with Gasteiger partial charge in [0.2, 0.25) is 5.88 Å². The van der Waals surface area contributed by atoms with Gasteiger partial charge < -0.3 is 9.64 Å². The molecule has 7 heteroatoms. The second-order valence-corrected chi connectivity index (χ2v) is 5.40. The predicted octanol–water partition coefficient (Wildman–Crippen LogP) is 2.52. The first-order valence-corrected chi connectivity index (χ1v) is 7.34. The van der Waals surface area contributed by atoms with Crippen LogP contribution >= 0.6 is 0 Å². The van der Waals surface area contributed by atoms with Gasteiger partial charge in [-0.25, -0.2) is 13.8 Å². The third-order valence-electron chi connectivity index (χ3n) is 3.75. The van der Waals surface area contributed by atoms with Gasteiger partial charge >= 0.3 is 0 Å². The number of aromatic nitrogens is 1. The molecule has 122 valence electrons. The van der Waals surface area contributed by atoms with Crippen LogP contribution in [0.15, 0.2) is 36.5 Å². The van der Waals surface area contributed by atoms with Crippen molar-refractivity contribution in [1.29, 1.82) is 5.26 Å². The third kappa shape index (κ3) is 3.33. The largest absolute Gasteiger partial charge is 0.472 e. The van der Waals surface area contributed by atoms with Gasteiger partial charge in [0.15, 0.2) is 11.6 Å². The van der Waals surface area contributed by atoms with Crippen LogP contribution in [0.4, 0.5) is 8.78 Å². The smallest absolute Gasteiger partial charge is 0.254 e. The Morgan fingerprint density at radius 1 is 1.29 bits per heavy atom. The third-order valence-corrected chi connectivity index (χ3v) is 3.75. The highest BCUT2D eigenvalue weighted by atomic mass is 19.2. The van der Waals surface area contributed by atoms with E-state index in [-0.39, 0.29) is 17.6 Å². The Balaban J connectivity index is 1.65. The topological polar surface area (TPSA) is 66.2 Å². The van der Waals surface area contributed by atoms with Crippen molar-refractivity contribution in [2.45, 2.75) is 12.5 Å². The van der Waals surface area contributed by atoms with E-state index in [1.807, 2.05) is 6.07 Å². The molecular weight excluding hydrogens is 316 g/mol.